The Morgan fingerprint density at radius 1 is 1.14 bits per heavy atom. The number of piperidine rings is 1. The molecule has 4 rings (SSSR count). The maximum atomic E-state index is 13.0. The van der Waals surface area contributed by atoms with E-state index >= 15 is 0 Å². The largest absolute Gasteiger partial charge is 0.490 e. The zero-order valence-corrected chi connectivity index (χ0v) is 16.8. The van der Waals surface area contributed by atoms with E-state index in [9.17, 15) is 9.59 Å². The van der Waals surface area contributed by atoms with E-state index in [1.807, 2.05) is 54.3 Å². The van der Waals surface area contributed by atoms with Crippen molar-refractivity contribution >= 4 is 11.8 Å². The molecule has 0 spiro atoms. The van der Waals surface area contributed by atoms with Gasteiger partial charge in [-0.3, -0.25) is 14.6 Å². The highest BCUT2D eigenvalue weighted by atomic mass is 16.5. The van der Waals surface area contributed by atoms with Crippen LogP contribution in [0.4, 0.5) is 0 Å². The summed E-state index contributed by atoms with van der Waals surface area (Å²) in [6.45, 7) is 4.35. The van der Waals surface area contributed by atoms with E-state index < -0.39 is 0 Å². The molecule has 0 unspecified atom stereocenters. The number of hydrogen-bond acceptors (Lipinski definition) is 4. The molecule has 2 amide bonds. The van der Waals surface area contributed by atoms with Crippen molar-refractivity contribution in [1.29, 1.82) is 0 Å². The smallest absolute Gasteiger partial charge is 0.227 e. The van der Waals surface area contributed by atoms with Crippen LogP contribution in [0.5, 0.6) is 5.75 Å². The van der Waals surface area contributed by atoms with Crippen molar-refractivity contribution in [2.24, 2.45) is 5.92 Å². The molecule has 6 nitrogen and oxygen atoms in total. The van der Waals surface area contributed by atoms with E-state index in [4.69, 9.17) is 4.74 Å². The van der Waals surface area contributed by atoms with E-state index in [2.05, 4.69) is 4.98 Å². The molecule has 0 N–H and O–H groups in total. The molecule has 1 aromatic carbocycles. The van der Waals surface area contributed by atoms with Gasteiger partial charge in [0.2, 0.25) is 11.8 Å². The molecule has 1 aromatic heterocycles. The van der Waals surface area contributed by atoms with Crippen molar-refractivity contribution in [1.82, 2.24) is 14.8 Å². The summed E-state index contributed by atoms with van der Waals surface area (Å²) in [5.41, 5.74) is 1.98. The highest BCUT2D eigenvalue weighted by molar-refractivity contribution is 5.89. The second kappa shape index (κ2) is 8.64. The van der Waals surface area contributed by atoms with Crippen LogP contribution >= 0.6 is 0 Å². The zero-order valence-electron chi connectivity index (χ0n) is 16.8. The van der Waals surface area contributed by atoms with Crippen molar-refractivity contribution < 1.29 is 14.3 Å². The van der Waals surface area contributed by atoms with E-state index in [0.717, 1.165) is 29.8 Å². The SMILES string of the molecule is Cc1ccccc1OC1CCN(C(=O)[C@@H]2CC(=O)N(Cc3ccccn3)C2)CC1. The fraction of sp³-hybridized carbons (Fsp3) is 0.435. The van der Waals surface area contributed by atoms with Gasteiger partial charge in [0.25, 0.3) is 0 Å². The van der Waals surface area contributed by atoms with Gasteiger partial charge in [-0.15, -0.1) is 0 Å². The molecule has 2 saturated heterocycles. The Bertz CT molecular complexity index is 863. The molecule has 0 radical (unpaired) electrons. The lowest BCUT2D eigenvalue weighted by atomic mass is 10.0. The van der Waals surface area contributed by atoms with E-state index in [1.54, 1.807) is 11.1 Å². The predicted octanol–water partition coefficient (Wildman–Crippen LogP) is 2.81. The fourth-order valence-corrected chi connectivity index (χ4v) is 4.10. The number of amides is 2. The molecular formula is C23H27N3O3. The molecular weight excluding hydrogens is 366 g/mol. The summed E-state index contributed by atoms with van der Waals surface area (Å²) in [6, 6.07) is 13.7. The molecule has 6 heteroatoms. The molecule has 2 aliphatic rings. The highest BCUT2D eigenvalue weighted by Crippen LogP contribution is 2.26. The van der Waals surface area contributed by atoms with Gasteiger partial charge in [0, 0.05) is 45.1 Å². The van der Waals surface area contributed by atoms with Crippen molar-refractivity contribution in [3.8, 4) is 5.75 Å². The molecule has 152 valence electrons. The lowest BCUT2D eigenvalue weighted by Crippen LogP contribution is -2.44. The van der Waals surface area contributed by atoms with Crippen LogP contribution in [-0.4, -0.2) is 52.3 Å². The van der Waals surface area contributed by atoms with E-state index in [0.29, 0.717) is 32.6 Å². The molecule has 3 heterocycles. The van der Waals surface area contributed by atoms with Crippen LogP contribution in [0, 0.1) is 12.8 Å². The number of rotatable bonds is 5. The average molecular weight is 393 g/mol. The van der Waals surface area contributed by atoms with Gasteiger partial charge in [0.1, 0.15) is 11.9 Å². The summed E-state index contributed by atoms with van der Waals surface area (Å²) >= 11 is 0. The third-order valence-electron chi connectivity index (χ3n) is 5.78. The Morgan fingerprint density at radius 2 is 1.90 bits per heavy atom. The lowest BCUT2D eigenvalue weighted by molar-refractivity contribution is -0.137. The summed E-state index contributed by atoms with van der Waals surface area (Å²) in [4.78, 5) is 33.3. The minimum Gasteiger partial charge on any atom is -0.490 e. The Hall–Kier alpha value is -2.89. The molecule has 2 fully saturated rings. The Morgan fingerprint density at radius 3 is 2.62 bits per heavy atom. The maximum absolute atomic E-state index is 13.0. The summed E-state index contributed by atoms with van der Waals surface area (Å²) in [6.07, 6.45) is 3.79. The van der Waals surface area contributed by atoms with Crippen molar-refractivity contribution in [3.05, 3.63) is 59.9 Å². The van der Waals surface area contributed by atoms with E-state index in [-0.39, 0.29) is 23.8 Å². The second-order valence-corrected chi connectivity index (χ2v) is 7.90. The number of aromatic nitrogens is 1. The number of para-hydroxylation sites is 1. The number of carbonyl (C=O) groups excluding carboxylic acids is 2. The third-order valence-corrected chi connectivity index (χ3v) is 5.78. The van der Waals surface area contributed by atoms with Gasteiger partial charge < -0.3 is 14.5 Å². The van der Waals surface area contributed by atoms with Crippen molar-refractivity contribution in [2.75, 3.05) is 19.6 Å². The fourth-order valence-electron chi connectivity index (χ4n) is 4.10. The number of likely N-dealkylation sites (tertiary alicyclic amines) is 2. The summed E-state index contributed by atoms with van der Waals surface area (Å²) in [5, 5.41) is 0. The molecule has 2 aliphatic heterocycles. The van der Waals surface area contributed by atoms with E-state index in [1.165, 1.54) is 0 Å². The van der Waals surface area contributed by atoms with Crippen LogP contribution in [-0.2, 0) is 16.1 Å². The quantitative estimate of drug-likeness (QED) is 0.784. The summed E-state index contributed by atoms with van der Waals surface area (Å²) in [7, 11) is 0. The topological polar surface area (TPSA) is 62.7 Å². The van der Waals surface area contributed by atoms with Gasteiger partial charge in [-0.2, -0.15) is 0 Å². The van der Waals surface area contributed by atoms with Crippen molar-refractivity contribution in [2.45, 2.75) is 38.8 Å². The number of nitrogens with zero attached hydrogens (tertiary/aromatic N) is 3. The molecule has 0 saturated carbocycles. The normalized spacial score (nSPS) is 20.2. The van der Waals surface area contributed by atoms with Crippen LogP contribution in [0.25, 0.3) is 0 Å². The lowest BCUT2D eigenvalue weighted by Gasteiger charge is -2.33. The number of hydrogen-bond donors (Lipinski definition) is 0. The zero-order chi connectivity index (χ0) is 20.2. The second-order valence-electron chi connectivity index (χ2n) is 7.90. The first kappa shape index (κ1) is 19.4. The van der Waals surface area contributed by atoms with Gasteiger partial charge >= 0.3 is 0 Å². The van der Waals surface area contributed by atoms with Crippen LogP contribution in [0.3, 0.4) is 0 Å². The van der Waals surface area contributed by atoms with Crippen LogP contribution in [0.2, 0.25) is 0 Å². The van der Waals surface area contributed by atoms with Gasteiger partial charge in [-0.05, 0) is 30.7 Å². The highest BCUT2D eigenvalue weighted by Gasteiger charge is 2.37. The standard InChI is InChI=1S/C23H27N3O3/c1-17-6-2-3-8-21(17)29-20-9-12-25(13-10-20)23(28)18-14-22(27)26(15-18)16-19-7-4-5-11-24-19/h2-8,11,18,20H,9-10,12-16H2,1H3/t18-/m1/s1. The summed E-state index contributed by atoms with van der Waals surface area (Å²) in [5.74, 6) is 0.798. The Balaban J connectivity index is 1.28. The Kier molecular flexibility index (Phi) is 5.79. The number of carbonyl (C=O) groups is 2. The molecule has 29 heavy (non-hydrogen) atoms. The van der Waals surface area contributed by atoms with Gasteiger partial charge in [-0.25, -0.2) is 0 Å². The van der Waals surface area contributed by atoms with Gasteiger partial charge in [0.05, 0.1) is 18.2 Å². The molecule has 0 aliphatic carbocycles. The summed E-state index contributed by atoms with van der Waals surface area (Å²) < 4.78 is 6.13. The first-order valence-corrected chi connectivity index (χ1v) is 10.3. The number of aryl methyl sites for hydroxylation is 1. The number of benzene rings is 1. The maximum Gasteiger partial charge on any atom is 0.227 e. The van der Waals surface area contributed by atoms with Crippen LogP contribution in [0.1, 0.15) is 30.5 Å². The average Bonchev–Trinajstić information content (AvgIpc) is 3.11. The monoisotopic (exact) mass is 393 g/mol. The molecule has 0 bridgehead atoms. The minimum absolute atomic E-state index is 0.0341. The Labute approximate surface area is 171 Å². The van der Waals surface area contributed by atoms with Crippen LogP contribution in [0.15, 0.2) is 48.7 Å². The van der Waals surface area contributed by atoms with Crippen LogP contribution < -0.4 is 4.74 Å². The van der Waals surface area contributed by atoms with Gasteiger partial charge in [0.15, 0.2) is 0 Å². The van der Waals surface area contributed by atoms with Crippen molar-refractivity contribution in [3.63, 3.8) is 0 Å². The number of ether oxygens (including phenoxy) is 1. The molecule has 1 atom stereocenters. The number of pyridine rings is 1. The third kappa shape index (κ3) is 4.58. The first-order chi connectivity index (χ1) is 14.1. The van der Waals surface area contributed by atoms with Gasteiger partial charge in [-0.1, -0.05) is 24.3 Å². The minimum atomic E-state index is -0.250. The first-order valence-electron chi connectivity index (χ1n) is 10.3. The molecule has 2 aromatic rings. The predicted molar refractivity (Wildman–Crippen MR) is 109 cm³/mol.